The number of aryl methyl sites for hydroxylation is 1. The van der Waals surface area contributed by atoms with Crippen LogP contribution in [0.15, 0.2) is 49.2 Å². The number of carbonyl (C=O) groups excluding carboxylic acids is 1. The van der Waals surface area contributed by atoms with Crippen LogP contribution in [0.5, 0.6) is 0 Å². The first-order valence-electron chi connectivity index (χ1n) is 7.34. The SMILES string of the molecule is CC(C(=O)NCc1ccc(-c2cnn(C)c2)nc1)n1cccn1. The van der Waals surface area contributed by atoms with Crippen molar-refractivity contribution in [1.82, 2.24) is 29.9 Å². The van der Waals surface area contributed by atoms with Crippen LogP contribution < -0.4 is 5.32 Å². The summed E-state index contributed by atoms with van der Waals surface area (Å²) in [7, 11) is 1.87. The smallest absolute Gasteiger partial charge is 0.244 e. The second kappa shape index (κ2) is 6.43. The van der Waals surface area contributed by atoms with Crippen molar-refractivity contribution in [3.8, 4) is 11.3 Å². The number of rotatable bonds is 5. The minimum atomic E-state index is -0.340. The molecule has 0 fully saturated rings. The van der Waals surface area contributed by atoms with Crippen molar-refractivity contribution in [3.63, 3.8) is 0 Å². The molecule has 0 aliphatic carbocycles. The maximum Gasteiger partial charge on any atom is 0.244 e. The van der Waals surface area contributed by atoms with E-state index in [0.29, 0.717) is 6.54 Å². The predicted molar refractivity (Wildman–Crippen MR) is 85.2 cm³/mol. The van der Waals surface area contributed by atoms with Gasteiger partial charge < -0.3 is 5.32 Å². The van der Waals surface area contributed by atoms with Crippen LogP contribution in [0, 0.1) is 0 Å². The summed E-state index contributed by atoms with van der Waals surface area (Å²) in [5, 5.41) is 11.1. The molecule has 3 heterocycles. The van der Waals surface area contributed by atoms with Crippen LogP contribution in [0.1, 0.15) is 18.5 Å². The van der Waals surface area contributed by atoms with E-state index in [2.05, 4.69) is 20.5 Å². The molecule has 0 spiro atoms. The Bertz CT molecular complexity index is 775. The topological polar surface area (TPSA) is 77.6 Å². The van der Waals surface area contributed by atoms with E-state index in [4.69, 9.17) is 0 Å². The van der Waals surface area contributed by atoms with E-state index in [0.717, 1.165) is 16.8 Å². The molecule has 7 heteroatoms. The number of pyridine rings is 1. The summed E-state index contributed by atoms with van der Waals surface area (Å²) in [5.74, 6) is -0.0787. The fraction of sp³-hybridized carbons (Fsp3) is 0.250. The van der Waals surface area contributed by atoms with Gasteiger partial charge in [0.2, 0.25) is 5.91 Å². The van der Waals surface area contributed by atoms with Crippen molar-refractivity contribution in [1.29, 1.82) is 0 Å². The molecule has 23 heavy (non-hydrogen) atoms. The molecule has 3 rings (SSSR count). The van der Waals surface area contributed by atoms with Crippen LogP contribution in [0.25, 0.3) is 11.3 Å². The predicted octanol–water partition coefficient (Wildman–Crippen LogP) is 1.56. The molecular formula is C16H18N6O. The number of amides is 1. The van der Waals surface area contributed by atoms with E-state index in [-0.39, 0.29) is 11.9 Å². The lowest BCUT2D eigenvalue weighted by molar-refractivity contribution is -0.124. The highest BCUT2D eigenvalue weighted by molar-refractivity contribution is 5.79. The van der Waals surface area contributed by atoms with Crippen LogP contribution in [0.3, 0.4) is 0 Å². The van der Waals surface area contributed by atoms with E-state index in [1.54, 1.807) is 40.2 Å². The Morgan fingerprint density at radius 3 is 2.78 bits per heavy atom. The number of nitrogens with zero attached hydrogens (tertiary/aromatic N) is 5. The third kappa shape index (κ3) is 3.45. The molecule has 1 amide bonds. The second-order valence-electron chi connectivity index (χ2n) is 5.33. The molecule has 1 atom stereocenters. The molecule has 1 N–H and O–H groups in total. The van der Waals surface area contributed by atoms with Gasteiger partial charge in [-0.05, 0) is 24.6 Å². The highest BCUT2D eigenvalue weighted by Gasteiger charge is 2.14. The van der Waals surface area contributed by atoms with E-state index < -0.39 is 0 Å². The number of carbonyl (C=O) groups is 1. The monoisotopic (exact) mass is 310 g/mol. The molecule has 118 valence electrons. The summed E-state index contributed by atoms with van der Waals surface area (Å²) in [4.78, 5) is 16.5. The molecule has 0 aromatic carbocycles. The Hall–Kier alpha value is -2.96. The van der Waals surface area contributed by atoms with Gasteiger partial charge in [-0.15, -0.1) is 0 Å². The van der Waals surface area contributed by atoms with Crippen molar-refractivity contribution >= 4 is 5.91 Å². The molecule has 3 aromatic rings. The van der Waals surface area contributed by atoms with Gasteiger partial charge in [-0.1, -0.05) is 6.07 Å². The number of hydrogen-bond acceptors (Lipinski definition) is 4. The van der Waals surface area contributed by atoms with Gasteiger partial charge >= 0.3 is 0 Å². The summed E-state index contributed by atoms with van der Waals surface area (Å²) in [6.07, 6.45) is 8.88. The average molecular weight is 310 g/mol. The Kier molecular flexibility index (Phi) is 4.18. The summed E-state index contributed by atoms with van der Waals surface area (Å²) in [5.41, 5.74) is 2.77. The lowest BCUT2D eigenvalue weighted by atomic mass is 10.2. The standard InChI is InChI=1S/C16H18N6O/c1-12(22-7-3-6-19-22)16(23)18-9-13-4-5-15(17-8-13)14-10-20-21(2)11-14/h3-8,10-12H,9H2,1-2H3,(H,18,23). The molecule has 3 aromatic heterocycles. The highest BCUT2D eigenvalue weighted by atomic mass is 16.2. The van der Waals surface area contributed by atoms with Crippen molar-refractivity contribution < 1.29 is 4.79 Å². The van der Waals surface area contributed by atoms with E-state index in [1.807, 2.05) is 32.3 Å². The first-order chi connectivity index (χ1) is 11.1. The third-order valence-corrected chi connectivity index (χ3v) is 3.59. The number of nitrogens with one attached hydrogen (secondary N) is 1. The maximum absolute atomic E-state index is 12.1. The Morgan fingerprint density at radius 2 is 2.17 bits per heavy atom. The molecule has 0 radical (unpaired) electrons. The molecule has 0 aliphatic heterocycles. The molecule has 0 saturated heterocycles. The average Bonchev–Trinajstić information content (AvgIpc) is 3.24. The van der Waals surface area contributed by atoms with Crippen LogP contribution in [0.4, 0.5) is 0 Å². The van der Waals surface area contributed by atoms with E-state index in [9.17, 15) is 4.79 Å². The second-order valence-corrected chi connectivity index (χ2v) is 5.33. The summed E-state index contributed by atoms with van der Waals surface area (Å²) < 4.78 is 3.36. The molecule has 7 nitrogen and oxygen atoms in total. The van der Waals surface area contributed by atoms with Crippen LogP contribution in [0.2, 0.25) is 0 Å². The van der Waals surface area contributed by atoms with Crippen LogP contribution >= 0.6 is 0 Å². The normalized spacial score (nSPS) is 12.1. The first-order valence-corrected chi connectivity index (χ1v) is 7.34. The maximum atomic E-state index is 12.1. The first kappa shape index (κ1) is 15.0. The molecule has 0 aliphatic rings. The van der Waals surface area contributed by atoms with Gasteiger partial charge in [0.1, 0.15) is 6.04 Å². The van der Waals surface area contributed by atoms with Crippen molar-refractivity contribution in [2.24, 2.45) is 7.05 Å². The Morgan fingerprint density at radius 1 is 1.30 bits per heavy atom. The van der Waals surface area contributed by atoms with Crippen molar-refractivity contribution in [3.05, 3.63) is 54.7 Å². The quantitative estimate of drug-likeness (QED) is 0.775. The van der Waals surface area contributed by atoms with Gasteiger partial charge in [0.15, 0.2) is 0 Å². The lowest BCUT2D eigenvalue weighted by Gasteiger charge is -2.12. The zero-order valence-corrected chi connectivity index (χ0v) is 13.0. The minimum Gasteiger partial charge on any atom is -0.350 e. The molecule has 0 bridgehead atoms. The van der Waals surface area contributed by atoms with Crippen molar-refractivity contribution in [2.75, 3.05) is 0 Å². The van der Waals surface area contributed by atoms with Gasteiger partial charge in [-0.2, -0.15) is 10.2 Å². The Labute approximate surface area is 134 Å². The van der Waals surface area contributed by atoms with Gasteiger partial charge in [0, 0.05) is 43.9 Å². The van der Waals surface area contributed by atoms with Crippen LogP contribution in [-0.2, 0) is 18.4 Å². The lowest BCUT2D eigenvalue weighted by Crippen LogP contribution is -2.30. The fourth-order valence-electron chi connectivity index (χ4n) is 2.22. The van der Waals surface area contributed by atoms with E-state index >= 15 is 0 Å². The largest absolute Gasteiger partial charge is 0.350 e. The van der Waals surface area contributed by atoms with Gasteiger partial charge in [0.25, 0.3) is 0 Å². The molecule has 0 saturated carbocycles. The Balaban J connectivity index is 1.59. The fourth-order valence-corrected chi connectivity index (χ4v) is 2.22. The summed E-state index contributed by atoms with van der Waals surface area (Å²) in [6.45, 7) is 2.25. The minimum absolute atomic E-state index is 0.0787. The van der Waals surface area contributed by atoms with Gasteiger partial charge in [0.05, 0.1) is 11.9 Å². The van der Waals surface area contributed by atoms with Crippen LogP contribution in [-0.4, -0.2) is 30.5 Å². The number of hydrogen-bond donors (Lipinski definition) is 1. The summed E-state index contributed by atoms with van der Waals surface area (Å²) >= 11 is 0. The molecule has 1 unspecified atom stereocenters. The number of aromatic nitrogens is 5. The van der Waals surface area contributed by atoms with Gasteiger partial charge in [-0.25, -0.2) is 0 Å². The molecular weight excluding hydrogens is 292 g/mol. The van der Waals surface area contributed by atoms with Gasteiger partial charge in [-0.3, -0.25) is 19.1 Å². The highest BCUT2D eigenvalue weighted by Crippen LogP contribution is 2.15. The third-order valence-electron chi connectivity index (χ3n) is 3.59. The zero-order valence-electron chi connectivity index (χ0n) is 13.0. The van der Waals surface area contributed by atoms with Crippen molar-refractivity contribution in [2.45, 2.75) is 19.5 Å². The zero-order chi connectivity index (χ0) is 16.2. The summed E-state index contributed by atoms with van der Waals surface area (Å²) in [6, 6.07) is 5.33. The van der Waals surface area contributed by atoms with E-state index in [1.165, 1.54) is 0 Å².